The Hall–Kier alpha value is -3.48. The standard InChI is InChI=1S/C24H26N4O3/c1-18-25-23(26-16-13-20-11-5-6-12-21(20)14-17-26)22(28(30)31)24(29)27(18)15-7-10-19-8-3-2-4-9-19/h2-6,8-9,11-12H,7,10,13-17H2,1H3. The van der Waals surface area contributed by atoms with Crippen molar-refractivity contribution in [1.82, 2.24) is 9.55 Å². The lowest BCUT2D eigenvalue weighted by molar-refractivity contribution is -0.386. The van der Waals surface area contributed by atoms with Crippen LogP contribution >= 0.6 is 0 Å². The quantitative estimate of drug-likeness (QED) is 0.450. The van der Waals surface area contributed by atoms with Crippen LogP contribution in [0.3, 0.4) is 0 Å². The number of rotatable bonds is 6. The summed E-state index contributed by atoms with van der Waals surface area (Å²) in [4.78, 5) is 30.8. The van der Waals surface area contributed by atoms with Crippen LogP contribution in [0.4, 0.5) is 11.5 Å². The second kappa shape index (κ2) is 9.12. The number of fused-ring (bicyclic) bond motifs is 1. The first-order valence-corrected chi connectivity index (χ1v) is 10.7. The first kappa shape index (κ1) is 20.8. The van der Waals surface area contributed by atoms with Gasteiger partial charge in [0.25, 0.3) is 0 Å². The Labute approximate surface area is 181 Å². The summed E-state index contributed by atoms with van der Waals surface area (Å²) in [5, 5.41) is 11.9. The molecule has 1 aromatic heterocycles. The van der Waals surface area contributed by atoms with Crippen molar-refractivity contribution in [2.45, 2.75) is 39.2 Å². The van der Waals surface area contributed by atoms with Gasteiger partial charge in [-0.05, 0) is 49.3 Å². The van der Waals surface area contributed by atoms with Gasteiger partial charge in [-0.3, -0.25) is 19.5 Å². The molecule has 1 aliphatic rings. The Bertz CT molecular complexity index is 1110. The summed E-state index contributed by atoms with van der Waals surface area (Å²) in [6, 6.07) is 18.2. The van der Waals surface area contributed by atoms with Gasteiger partial charge in [0, 0.05) is 19.6 Å². The van der Waals surface area contributed by atoms with Crippen molar-refractivity contribution in [3.8, 4) is 0 Å². The molecule has 0 amide bonds. The van der Waals surface area contributed by atoms with E-state index in [1.54, 1.807) is 6.92 Å². The zero-order chi connectivity index (χ0) is 21.8. The van der Waals surface area contributed by atoms with Crippen molar-refractivity contribution >= 4 is 11.5 Å². The van der Waals surface area contributed by atoms with Crippen LogP contribution in [0.2, 0.25) is 0 Å². The maximum Gasteiger partial charge on any atom is 0.376 e. The molecule has 7 heteroatoms. The lowest BCUT2D eigenvalue weighted by atomic mass is 10.0. The zero-order valence-corrected chi connectivity index (χ0v) is 17.7. The minimum absolute atomic E-state index is 0.194. The van der Waals surface area contributed by atoms with E-state index in [0.717, 1.165) is 19.3 Å². The Balaban J connectivity index is 1.59. The highest BCUT2D eigenvalue weighted by molar-refractivity contribution is 5.57. The Kier molecular flexibility index (Phi) is 6.11. The topological polar surface area (TPSA) is 81.3 Å². The molecule has 0 atom stereocenters. The minimum Gasteiger partial charge on any atom is -0.350 e. The molecule has 3 aromatic rings. The number of nitrogens with zero attached hydrogens (tertiary/aromatic N) is 4. The summed E-state index contributed by atoms with van der Waals surface area (Å²) in [5.41, 5.74) is 2.69. The number of anilines is 1. The molecule has 0 bridgehead atoms. The van der Waals surface area contributed by atoms with Gasteiger partial charge in [0.2, 0.25) is 5.82 Å². The van der Waals surface area contributed by atoms with E-state index in [4.69, 9.17) is 0 Å². The average Bonchev–Trinajstić information content (AvgIpc) is 2.99. The van der Waals surface area contributed by atoms with Crippen LogP contribution in [0.15, 0.2) is 59.4 Å². The Morgan fingerprint density at radius 1 is 1.00 bits per heavy atom. The van der Waals surface area contributed by atoms with Gasteiger partial charge in [0.05, 0.1) is 4.92 Å². The maximum atomic E-state index is 13.1. The molecule has 0 radical (unpaired) electrons. The van der Waals surface area contributed by atoms with Gasteiger partial charge < -0.3 is 4.90 Å². The number of benzene rings is 2. The van der Waals surface area contributed by atoms with E-state index in [2.05, 4.69) is 17.1 Å². The molecular weight excluding hydrogens is 392 g/mol. The third kappa shape index (κ3) is 4.50. The molecule has 160 valence electrons. The van der Waals surface area contributed by atoms with Gasteiger partial charge in [0.1, 0.15) is 5.82 Å². The van der Waals surface area contributed by atoms with Crippen molar-refractivity contribution in [2.75, 3.05) is 18.0 Å². The highest BCUT2D eigenvalue weighted by Crippen LogP contribution is 2.26. The fourth-order valence-electron chi connectivity index (χ4n) is 4.25. The fourth-order valence-corrected chi connectivity index (χ4v) is 4.25. The summed E-state index contributed by atoms with van der Waals surface area (Å²) in [7, 11) is 0. The molecule has 2 heterocycles. The van der Waals surface area contributed by atoms with Gasteiger partial charge in [-0.15, -0.1) is 0 Å². The van der Waals surface area contributed by atoms with E-state index >= 15 is 0 Å². The van der Waals surface area contributed by atoms with E-state index in [1.807, 2.05) is 47.4 Å². The zero-order valence-electron chi connectivity index (χ0n) is 17.7. The van der Waals surface area contributed by atoms with Crippen LogP contribution in [0.1, 0.15) is 28.9 Å². The van der Waals surface area contributed by atoms with Crippen molar-refractivity contribution < 1.29 is 4.92 Å². The van der Waals surface area contributed by atoms with Gasteiger partial charge in [-0.1, -0.05) is 54.6 Å². The van der Waals surface area contributed by atoms with E-state index in [1.165, 1.54) is 21.3 Å². The normalized spacial score (nSPS) is 13.5. The van der Waals surface area contributed by atoms with Crippen LogP contribution < -0.4 is 10.5 Å². The van der Waals surface area contributed by atoms with Crippen LogP contribution in [0, 0.1) is 17.0 Å². The first-order chi connectivity index (χ1) is 15.0. The summed E-state index contributed by atoms with van der Waals surface area (Å²) in [5.74, 6) is 0.708. The molecule has 0 saturated carbocycles. The van der Waals surface area contributed by atoms with E-state index in [0.29, 0.717) is 31.9 Å². The number of aryl methyl sites for hydroxylation is 2. The van der Waals surface area contributed by atoms with Crippen LogP contribution in [-0.2, 0) is 25.8 Å². The second-order valence-corrected chi connectivity index (χ2v) is 7.89. The predicted octanol–water partition coefficient (Wildman–Crippen LogP) is 3.70. The van der Waals surface area contributed by atoms with Gasteiger partial charge >= 0.3 is 11.2 Å². The van der Waals surface area contributed by atoms with Gasteiger partial charge in [0.15, 0.2) is 0 Å². The monoisotopic (exact) mass is 418 g/mol. The number of nitro groups is 1. The molecule has 1 aliphatic heterocycles. The molecule has 0 aliphatic carbocycles. The lowest BCUT2D eigenvalue weighted by Gasteiger charge is -2.22. The van der Waals surface area contributed by atoms with Crippen LogP contribution in [0.5, 0.6) is 0 Å². The summed E-state index contributed by atoms with van der Waals surface area (Å²) >= 11 is 0. The van der Waals surface area contributed by atoms with Crippen molar-refractivity contribution in [3.63, 3.8) is 0 Å². The summed E-state index contributed by atoms with van der Waals surface area (Å²) in [6.07, 6.45) is 3.05. The lowest BCUT2D eigenvalue weighted by Crippen LogP contribution is -2.34. The average molecular weight is 418 g/mol. The van der Waals surface area contributed by atoms with E-state index in [9.17, 15) is 14.9 Å². The SMILES string of the molecule is Cc1nc(N2CCc3ccccc3CC2)c([N+](=O)[O-])c(=O)n1CCCc1ccccc1. The largest absolute Gasteiger partial charge is 0.376 e. The first-order valence-electron chi connectivity index (χ1n) is 10.7. The molecule has 0 spiro atoms. The van der Waals surface area contributed by atoms with Crippen LogP contribution in [0.25, 0.3) is 0 Å². The number of hydrogen-bond donors (Lipinski definition) is 0. The molecule has 4 rings (SSSR count). The van der Waals surface area contributed by atoms with Crippen molar-refractivity contribution in [3.05, 3.63) is 97.6 Å². The van der Waals surface area contributed by atoms with Crippen LogP contribution in [-0.4, -0.2) is 27.6 Å². The highest BCUT2D eigenvalue weighted by Gasteiger charge is 2.29. The van der Waals surface area contributed by atoms with Crippen molar-refractivity contribution in [1.29, 1.82) is 0 Å². The minimum atomic E-state index is -0.574. The number of aromatic nitrogens is 2. The highest BCUT2D eigenvalue weighted by atomic mass is 16.6. The smallest absolute Gasteiger partial charge is 0.350 e. The molecule has 0 fully saturated rings. The molecule has 0 N–H and O–H groups in total. The van der Waals surface area contributed by atoms with E-state index in [-0.39, 0.29) is 5.82 Å². The molecular formula is C24H26N4O3. The molecule has 31 heavy (non-hydrogen) atoms. The van der Waals surface area contributed by atoms with E-state index < -0.39 is 16.2 Å². The summed E-state index contributed by atoms with van der Waals surface area (Å²) < 4.78 is 1.44. The third-order valence-corrected chi connectivity index (χ3v) is 5.91. The second-order valence-electron chi connectivity index (χ2n) is 7.89. The Morgan fingerprint density at radius 3 is 2.23 bits per heavy atom. The predicted molar refractivity (Wildman–Crippen MR) is 121 cm³/mol. The van der Waals surface area contributed by atoms with Gasteiger partial charge in [-0.25, -0.2) is 4.98 Å². The number of hydrogen-bond acceptors (Lipinski definition) is 5. The third-order valence-electron chi connectivity index (χ3n) is 5.91. The fraction of sp³-hybridized carbons (Fsp3) is 0.333. The van der Waals surface area contributed by atoms with Crippen molar-refractivity contribution in [2.24, 2.45) is 0 Å². The molecule has 7 nitrogen and oxygen atoms in total. The molecule has 2 aromatic carbocycles. The molecule has 0 saturated heterocycles. The Morgan fingerprint density at radius 2 is 1.61 bits per heavy atom. The maximum absolute atomic E-state index is 13.1. The molecule has 0 unspecified atom stereocenters. The summed E-state index contributed by atoms with van der Waals surface area (Å²) in [6.45, 7) is 3.35. The van der Waals surface area contributed by atoms with Gasteiger partial charge in [-0.2, -0.15) is 0 Å².